The standard InChI is InChI=1S/C17H22N4O3S/c1-17(2,3)24-16(22)21-9-7-20(8-10-21)13-6-4-5-12(11-13)14-18-19-15(25)23-14/h4-6,11H,7-10H2,1-3H3,(H,19,25). The van der Waals surface area contributed by atoms with Gasteiger partial charge in [-0.15, -0.1) is 5.10 Å². The van der Waals surface area contributed by atoms with Gasteiger partial charge in [-0.2, -0.15) is 0 Å². The summed E-state index contributed by atoms with van der Waals surface area (Å²) in [5.41, 5.74) is 1.45. The average molecular weight is 362 g/mol. The smallest absolute Gasteiger partial charge is 0.410 e. The zero-order valence-electron chi connectivity index (χ0n) is 14.6. The molecule has 8 heteroatoms. The Labute approximate surface area is 151 Å². The average Bonchev–Trinajstić information content (AvgIpc) is 3.00. The molecule has 3 rings (SSSR count). The molecular weight excluding hydrogens is 340 g/mol. The minimum Gasteiger partial charge on any atom is -0.444 e. The van der Waals surface area contributed by atoms with Gasteiger partial charge in [0.15, 0.2) is 0 Å². The van der Waals surface area contributed by atoms with Crippen LogP contribution in [-0.2, 0) is 4.74 Å². The molecule has 1 amide bonds. The van der Waals surface area contributed by atoms with E-state index in [1.165, 1.54) is 0 Å². The molecular formula is C17H22N4O3S. The maximum atomic E-state index is 12.1. The molecule has 7 nitrogen and oxygen atoms in total. The third-order valence-electron chi connectivity index (χ3n) is 3.83. The lowest BCUT2D eigenvalue weighted by Crippen LogP contribution is -2.50. The lowest BCUT2D eigenvalue weighted by molar-refractivity contribution is 0.0240. The molecule has 1 N–H and O–H groups in total. The molecule has 2 heterocycles. The quantitative estimate of drug-likeness (QED) is 0.825. The van der Waals surface area contributed by atoms with E-state index in [1.54, 1.807) is 4.90 Å². The van der Waals surface area contributed by atoms with Gasteiger partial charge in [0.1, 0.15) is 5.60 Å². The van der Waals surface area contributed by atoms with Crippen LogP contribution in [0.3, 0.4) is 0 Å². The van der Waals surface area contributed by atoms with Gasteiger partial charge in [-0.05, 0) is 51.2 Å². The molecule has 1 aromatic carbocycles. The summed E-state index contributed by atoms with van der Waals surface area (Å²) in [6, 6.07) is 7.93. The lowest BCUT2D eigenvalue weighted by atomic mass is 10.1. The highest BCUT2D eigenvalue weighted by Crippen LogP contribution is 2.24. The number of anilines is 1. The number of carbonyl (C=O) groups excluding carboxylic acids is 1. The lowest BCUT2D eigenvalue weighted by Gasteiger charge is -2.36. The molecule has 0 atom stereocenters. The van der Waals surface area contributed by atoms with Gasteiger partial charge in [-0.25, -0.2) is 9.89 Å². The van der Waals surface area contributed by atoms with Crippen molar-refractivity contribution in [3.05, 3.63) is 29.1 Å². The van der Waals surface area contributed by atoms with Crippen LogP contribution in [0, 0.1) is 4.84 Å². The van der Waals surface area contributed by atoms with E-state index < -0.39 is 5.60 Å². The first kappa shape index (κ1) is 17.5. The molecule has 0 unspecified atom stereocenters. The summed E-state index contributed by atoms with van der Waals surface area (Å²) in [4.78, 5) is 16.4. The number of H-pyrrole nitrogens is 1. The van der Waals surface area contributed by atoms with Gasteiger partial charge < -0.3 is 19.0 Å². The van der Waals surface area contributed by atoms with Crippen molar-refractivity contribution in [2.45, 2.75) is 26.4 Å². The van der Waals surface area contributed by atoms with E-state index >= 15 is 0 Å². The topological polar surface area (TPSA) is 74.6 Å². The van der Waals surface area contributed by atoms with Gasteiger partial charge in [0.05, 0.1) is 0 Å². The number of amides is 1. The molecule has 0 bridgehead atoms. The van der Waals surface area contributed by atoms with Crippen LogP contribution in [0.2, 0.25) is 0 Å². The molecule has 134 valence electrons. The van der Waals surface area contributed by atoms with E-state index in [0.29, 0.717) is 19.0 Å². The Morgan fingerprint density at radius 2 is 2.00 bits per heavy atom. The van der Waals surface area contributed by atoms with Crippen molar-refractivity contribution in [1.82, 2.24) is 15.1 Å². The number of aromatic nitrogens is 2. The third-order valence-corrected chi connectivity index (χ3v) is 4.00. The van der Waals surface area contributed by atoms with Gasteiger partial charge >= 0.3 is 6.09 Å². The molecule has 2 aromatic rings. The minimum absolute atomic E-state index is 0.255. The third kappa shape index (κ3) is 4.39. The largest absolute Gasteiger partial charge is 0.444 e. The number of nitrogens with one attached hydrogen (secondary N) is 1. The van der Waals surface area contributed by atoms with Gasteiger partial charge in [-0.1, -0.05) is 6.07 Å². The van der Waals surface area contributed by atoms with Crippen LogP contribution in [0.15, 0.2) is 28.7 Å². The van der Waals surface area contributed by atoms with E-state index in [4.69, 9.17) is 21.4 Å². The van der Waals surface area contributed by atoms with Crippen molar-refractivity contribution in [1.29, 1.82) is 0 Å². The van der Waals surface area contributed by atoms with E-state index in [9.17, 15) is 4.79 Å². The Morgan fingerprint density at radius 3 is 2.60 bits per heavy atom. The van der Waals surface area contributed by atoms with Crippen LogP contribution >= 0.6 is 12.2 Å². The number of hydrogen-bond acceptors (Lipinski definition) is 6. The van der Waals surface area contributed by atoms with Crippen molar-refractivity contribution in [2.24, 2.45) is 0 Å². The maximum absolute atomic E-state index is 12.1. The fourth-order valence-electron chi connectivity index (χ4n) is 2.66. The molecule has 1 fully saturated rings. The fraction of sp³-hybridized carbons (Fsp3) is 0.471. The summed E-state index contributed by atoms with van der Waals surface area (Å²) in [7, 11) is 0. The number of hydrogen-bond donors (Lipinski definition) is 1. The zero-order chi connectivity index (χ0) is 18.0. The van der Waals surface area contributed by atoms with Crippen molar-refractivity contribution in [2.75, 3.05) is 31.1 Å². The molecule has 0 saturated carbocycles. The molecule has 0 radical (unpaired) electrons. The Hall–Kier alpha value is -2.35. The van der Waals surface area contributed by atoms with Gasteiger partial charge in [-0.3, -0.25) is 0 Å². The minimum atomic E-state index is -0.473. The van der Waals surface area contributed by atoms with E-state index in [0.717, 1.165) is 24.3 Å². The number of ether oxygens (including phenoxy) is 1. The summed E-state index contributed by atoms with van der Waals surface area (Å²) >= 11 is 4.92. The van der Waals surface area contributed by atoms with Crippen molar-refractivity contribution in [3.8, 4) is 11.5 Å². The molecule has 1 aliphatic heterocycles. The number of carbonyl (C=O) groups is 1. The van der Waals surface area contributed by atoms with Crippen LogP contribution in [0.5, 0.6) is 0 Å². The van der Waals surface area contributed by atoms with E-state index in [-0.39, 0.29) is 10.9 Å². The molecule has 25 heavy (non-hydrogen) atoms. The molecule has 1 aromatic heterocycles. The summed E-state index contributed by atoms with van der Waals surface area (Å²) in [6.07, 6.45) is -0.255. The van der Waals surface area contributed by atoms with Crippen LogP contribution in [-0.4, -0.2) is 53.0 Å². The van der Waals surface area contributed by atoms with Crippen LogP contribution < -0.4 is 4.90 Å². The first-order valence-electron chi connectivity index (χ1n) is 8.21. The Morgan fingerprint density at radius 1 is 1.28 bits per heavy atom. The van der Waals surface area contributed by atoms with Gasteiger partial charge in [0.25, 0.3) is 4.84 Å². The van der Waals surface area contributed by atoms with Crippen molar-refractivity contribution >= 4 is 24.0 Å². The second-order valence-electron chi connectivity index (χ2n) is 6.92. The monoisotopic (exact) mass is 362 g/mol. The van der Waals surface area contributed by atoms with Crippen molar-refractivity contribution < 1.29 is 13.9 Å². The second-order valence-corrected chi connectivity index (χ2v) is 7.29. The highest BCUT2D eigenvalue weighted by molar-refractivity contribution is 7.71. The van der Waals surface area contributed by atoms with Gasteiger partial charge in [0.2, 0.25) is 5.89 Å². The summed E-state index contributed by atoms with van der Waals surface area (Å²) in [6.45, 7) is 8.37. The van der Waals surface area contributed by atoms with E-state index in [2.05, 4.69) is 15.1 Å². The fourth-order valence-corrected chi connectivity index (χ4v) is 2.79. The van der Waals surface area contributed by atoms with Crippen LogP contribution in [0.1, 0.15) is 20.8 Å². The summed E-state index contributed by atoms with van der Waals surface area (Å²) < 4.78 is 10.8. The summed E-state index contributed by atoms with van der Waals surface area (Å²) in [5.74, 6) is 0.472. The molecule has 0 spiro atoms. The predicted molar refractivity (Wildman–Crippen MR) is 97.1 cm³/mol. The number of piperazine rings is 1. The Kier molecular flexibility index (Phi) is 4.80. The Bertz CT molecular complexity index is 800. The highest BCUT2D eigenvalue weighted by atomic mass is 32.1. The Balaban J connectivity index is 1.65. The highest BCUT2D eigenvalue weighted by Gasteiger charge is 2.26. The van der Waals surface area contributed by atoms with Crippen LogP contribution in [0.4, 0.5) is 10.5 Å². The number of nitrogens with zero attached hydrogens (tertiary/aromatic N) is 3. The van der Waals surface area contributed by atoms with Crippen molar-refractivity contribution in [3.63, 3.8) is 0 Å². The number of benzene rings is 1. The molecule has 1 saturated heterocycles. The normalized spacial score (nSPS) is 15.3. The molecule has 0 aliphatic carbocycles. The summed E-state index contributed by atoms with van der Waals surface area (Å²) in [5, 5.41) is 6.69. The number of rotatable bonds is 2. The second kappa shape index (κ2) is 6.87. The number of aromatic amines is 1. The van der Waals surface area contributed by atoms with Gasteiger partial charge in [0, 0.05) is 37.4 Å². The first-order valence-corrected chi connectivity index (χ1v) is 8.61. The maximum Gasteiger partial charge on any atom is 0.410 e. The SMILES string of the molecule is CC(C)(C)OC(=O)N1CCN(c2cccc(-c3n[nH]c(=S)o3)c2)CC1. The molecule has 1 aliphatic rings. The predicted octanol–water partition coefficient (Wildman–Crippen LogP) is 3.46. The van der Waals surface area contributed by atoms with Crippen LogP contribution in [0.25, 0.3) is 11.5 Å². The first-order chi connectivity index (χ1) is 11.8. The zero-order valence-corrected chi connectivity index (χ0v) is 15.4. The van der Waals surface area contributed by atoms with E-state index in [1.807, 2.05) is 45.0 Å².